The van der Waals surface area contributed by atoms with Gasteiger partial charge in [-0.05, 0) is 38.0 Å². The molecule has 1 atom stereocenters. The lowest BCUT2D eigenvalue weighted by Crippen LogP contribution is -2.40. The maximum absolute atomic E-state index is 5.56. The van der Waals surface area contributed by atoms with Crippen LogP contribution in [0, 0.1) is 0 Å². The van der Waals surface area contributed by atoms with E-state index in [9.17, 15) is 0 Å². The van der Waals surface area contributed by atoms with E-state index in [1.165, 1.54) is 0 Å². The zero-order valence-electron chi connectivity index (χ0n) is 11.6. The summed E-state index contributed by atoms with van der Waals surface area (Å²) in [6.45, 7) is 5.38. The number of ether oxygens (including phenoxy) is 1. The van der Waals surface area contributed by atoms with Gasteiger partial charge in [0, 0.05) is 32.9 Å². The van der Waals surface area contributed by atoms with E-state index in [2.05, 4.69) is 17.3 Å². The highest BCUT2D eigenvalue weighted by Crippen LogP contribution is 2.10. The molecule has 0 aliphatic carbocycles. The lowest BCUT2D eigenvalue weighted by atomic mass is 10.2. The van der Waals surface area contributed by atoms with E-state index in [0.29, 0.717) is 6.10 Å². The van der Waals surface area contributed by atoms with Crippen LogP contribution in [0.3, 0.4) is 0 Å². The first-order valence-corrected chi connectivity index (χ1v) is 7.22. The van der Waals surface area contributed by atoms with Gasteiger partial charge in [0.1, 0.15) is 0 Å². The number of aryl methyl sites for hydroxylation is 1. The Morgan fingerprint density at radius 1 is 1.68 bits per heavy atom. The summed E-state index contributed by atoms with van der Waals surface area (Å²) in [5.74, 6) is 0. The Morgan fingerprint density at radius 3 is 3.16 bits per heavy atom. The van der Waals surface area contributed by atoms with Crippen molar-refractivity contribution < 1.29 is 4.74 Å². The van der Waals surface area contributed by atoms with Gasteiger partial charge in [-0.1, -0.05) is 0 Å². The van der Waals surface area contributed by atoms with Gasteiger partial charge in [0.2, 0.25) is 0 Å². The van der Waals surface area contributed by atoms with E-state index in [-0.39, 0.29) is 0 Å². The molecule has 1 aromatic heterocycles. The Kier molecular flexibility index (Phi) is 5.15. The summed E-state index contributed by atoms with van der Waals surface area (Å²) >= 11 is 5.37. The largest absolute Gasteiger partial charge is 0.376 e. The Balaban J connectivity index is 1.74. The smallest absolute Gasteiger partial charge is 0.169 e. The summed E-state index contributed by atoms with van der Waals surface area (Å²) in [6.07, 6.45) is 4.58. The zero-order chi connectivity index (χ0) is 13.7. The van der Waals surface area contributed by atoms with E-state index >= 15 is 0 Å². The lowest BCUT2D eigenvalue weighted by Gasteiger charge is -2.21. The van der Waals surface area contributed by atoms with Crippen LogP contribution in [0.4, 0.5) is 0 Å². The molecule has 6 heteroatoms. The monoisotopic (exact) mass is 282 g/mol. The van der Waals surface area contributed by atoms with Gasteiger partial charge in [-0.25, -0.2) is 0 Å². The van der Waals surface area contributed by atoms with Gasteiger partial charge in [-0.3, -0.25) is 4.68 Å². The molecule has 0 aromatic carbocycles. The lowest BCUT2D eigenvalue weighted by molar-refractivity contribution is 0.113. The van der Waals surface area contributed by atoms with Gasteiger partial charge in [0.15, 0.2) is 5.11 Å². The van der Waals surface area contributed by atoms with Crippen molar-refractivity contribution in [3.05, 3.63) is 18.0 Å². The molecule has 1 fully saturated rings. The molecule has 1 aliphatic heterocycles. The van der Waals surface area contributed by atoms with Gasteiger partial charge in [-0.2, -0.15) is 5.10 Å². The van der Waals surface area contributed by atoms with Gasteiger partial charge in [0.05, 0.1) is 18.3 Å². The normalized spacial score (nSPS) is 18.5. The molecule has 5 nitrogen and oxygen atoms in total. The van der Waals surface area contributed by atoms with Crippen molar-refractivity contribution in [2.75, 3.05) is 20.2 Å². The Hall–Kier alpha value is -1.14. The molecule has 1 aromatic rings. The molecule has 106 valence electrons. The minimum Gasteiger partial charge on any atom is -0.376 e. The average Bonchev–Trinajstić information content (AvgIpc) is 3.06. The molecule has 1 N–H and O–H groups in total. The molecular weight excluding hydrogens is 260 g/mol. The Bertz CT molecular complexity index is 415. The van der Waals surface area contributed by atoms with E-state index in [4.69, 9.17) is 17.0 Å². The van der Waals surface area contributed by atoms with Crippen molar-refractivity contribution in [3.63, 3.8) is 0 Å². The van der Waals surface area contributed by atoms with Crippen LogP contribution in [0.15, 0.2) is 12.3 Å². The average molecular weight is 282 g/mol. The van der Waals surface area contributed by atoms with Crippen LogP contribution in [0.2, 0.25) is 0 Å². The third kappa shape index (κ3) is 4.18. The van der Waals surface area contributed by atoms with E-state index in [0.717, 1.165) is 49.9 Å². The summed E-state index contributed by atoms with van der Waals surface area (Å²) in [5.41, 5.74) is 1.03. The summed E-state index contributed by atoms with van der Waals surface area (Å²) < 4.78 is 7.49. The number of hydrogen-bond acceptors (Lipinski definition) is 3. The standard InChI is InChI=1S/C13H22N4OS/c1-3-17-7-6-11(15-17)10-16(2)13(19)14-9-12-5-4-8-18-12/h6-7,12H,3-5,8-10H2,1-2H3,(H,14,19). The quantitative estimate of drug-likeness (QED) is 0.827. The van der Waals surface area contributed by atoms with Crippen LogP contribution >= 0.6 is 12.2 Å². The number of nitrogens with one attached hydrogen (secondary N) is 1. The summed E-state index contributed by atoms with van der Waals surface area (Å²) in [7, 11) is 1.98. The third-order valence-electron chi connectivity index (χ3n) is 3.27. The van der Waals surface area contributed by atoms with Crippen LogP contribution in [-0.4, -0.2) is 46.1 Å². The topological polar surface area (TPSA) is 42.3 Å². The number of aromatic nitrogens is 2. The molecule has 1 unspecified atom stereocenters. The van der Waals surface area contributed by atoms with Crippen LogP contribution in [0.1, 0.15) is 25.5 Å². The van der Waals surface area contributed by atoms with Crippen LogP contribution in [0.5, 0.6) is 0 Å². The molecule has 1 aliphatic rings. The first kappa shape index (κ1) is 14.3. The molecular formula is C13H22N4OS. The predicted octanol–water partition coefficient (Wildman–Crippen LogP) is 1.39. The third-order valence-corrected chi connectivity index (χ3v) is 3.73. The van der Waals surface area contributed by atoms with Crippen molar-refractivity contribution >= 4 is 17.3 Å². The molecule has 0 spiro atoms. The van der Waals surface area contributed by atoms with Gasteiger partial charge in [0.25, 0.3) is 0 Å². The van der Waals surface area contributed by atoms with E-state index in [1.54, 1.807) is 0 Å². The molecule has 0 amide bonds. The zero-order valence-corrected chi connectivity index (χ0v) is 12.4. The summed E-state index contributed by atoms with van der Waals surface area (Å²) in [6, 6.07) is 2.03. The summed E-state index contributed by atoms with van der Waals surface area (Å²) in [4.78, 5) is 2.01. The fourth-order valence-electron chi connectivity index (χ4n) is 2.12. The Labute approximate surface area is 119 Å². The van der Waals surface area contributed by atoms with Gasteiger partial charge in [-0.15, -0.1) is 0 Å². The first-order chi connectivity index (χ1) is 9.19. The fraction of sp³-hybridized carbons (Fsp3) is 0.692. The Morgan fingerprint density at radius 2 is 2.53 bits per heavy atom. The molecule has 2 rings (SSSR count). The molecule has 0 bridgehead atoms. The molecule has 19 heavy (non-hydrogen) atoms. The maximum Gasteiger partial charge on any atom is 0.169 e. The maximum atomic E-state index is 5.56. The van der Waals surface area contributed by atoms with E-state index in [1.807, 2.05) is 28.9 Å². The second-order valence-corrected chi connectivity index (χ2v) is 5.23. The SMILES string of the molecule is CCn1ccc(CN(C)C(=S)NCC2CCCO2)n1. The highest BCUT2D eigenvalue weighted by molar-refractivity contribution is 7.80. The van der Waals surface area contributed by atoms with Crippen LogP contribution < -0.4 is 5.32 Å². The molecule has 0 saturated carbocycles. The highest BCUT2D eigenvalue weighted by atomic mass is 32.1. The van der Waals surface area contributed by atoms with Crippen molar-refractivity contribution in [1.29, 1.82) is 0 Å². The van der Waals surface area contributed by atoms with Crippen LogP contribution in [-0.2, 0) is 17.8 Å². The minimum absolute atomic E-state index is 0.311. The fourth-order valence-corrected chi connectivity index (χ4v) is 2.27. The number of hydrogen-bond donors (Lipinski definition) is 1. The molecule has 1 saturated heterocycles. The summed E-state index contributed by atoms with van der Waals surface area (Å²) in [5, 5.41) is 8.47. The van der Waals surface area contributed by atoms with Gasteiger partial charge < -0.3 is 15.0 Å². The number of thiocarbonyl (C=S) groups is 1. The second kappa shape index (κ2) is 6.86. The second-order valence-electron chi connectivity index (χ2n) is 4.84. The predicted molar refractivity (Wildman–Crippen MR) is 78.9 cm³/mol. The van der Waals surface area contributed by atoms with Crippen molar-refractivity contribution in [1.82, 2.24) is 20.0 Å². The van der Waals surface area contributed by atoms with Crippen molar-refractivity contribution in [2.45, 2.75) is 39.0 Å². The van der Waals surface area contributed by atoms with Crippen molar-refractivity contribution in [2.24, 2.45) is 0 Å². The molecule has 2 heterocycles. The van der Waals surface area contributed by atoms with Crippen LogP contribution in [0.25, 0.3) is 0 Å². The first-order valence-electron chi connectivity index (χ1n) is 6.82. The highest BCUT2D eigenvalue weighted by Gasteiger charge is 2.16. The number of rotatable bonds is 5. The van der Waals surface area contributed by atoms with E-state index < -0.39 is 0 Å². The molecule has 0 radical (unpaired) electrons. The number of nitrogens with zero attached hydrogens (tertiary/aromatic N) is 3. The van der Waals surface area contributed by atoms with Gasteiger partial charge >= 0.3 is 0 Å². The van der Waals surface area contributed by atoms with Crippen molar-refractivity contribution in [3.8, 4) is 0 Å². The minimum atomic E-state index is 0.311.